The first-order valence-electron chi connectivity index (χ1n) is 6.35. The summed E-state index contributed by atoms with van der Waals surface area (Å²) in [5.74, 6) is 0.364. The molecule has 1 aromatic rings. The van der Waals surface area contributed by atoms with Gasteiger partial charge in [0.2, 0.25) is 0 Å². The molecule has 0 spiro atoms. The number of nitrogens with zero attached hydrogens (tertiary/aromatic N) is 1. The number of likely N-dealkylation sites (tertiary alicyclic amines) is 1. The third kappa shape index (κ3) is 3.22. The molecule has 1 aromatic carbocycles. The Hall–Kier alpha value is -1.51. The van der Waals surface area contributed by atoms with Crippen LogP contribution in [0.2, 0.25) is 0 Å². The van der Waals surface area contributed by atoms with Crippen LogP contribution in [0.5, 0.6) is 0 Å². The van der Waals surface area contributed by atoms with Gasteiger partial charge in [-0.25, -0.2) is 4.79 Å². The first-order chi connectivity index (χ1) is 8.27. The fraction of sp³-hybridized carbons (Fsp3) is 0.500. The summed E-state index contributed by atoms with van der Waals surface area (Å²) in [5, 5.41) is 3.01. The zero-order valence-corrected chi connectivity index (χ0v) is 10.4. The Morgan fingerprint density at radius 1 is 1.29 bits per heavy atom. The standard InChI is InChI=1S/C14H20N2O/c1-12(13-7-3-2-4-8-13)11-15-14(17)16-9-5-6-10-16/h2-4,7-8,12H,5-6,9-11H2,1H3,(H,15,17). The van der Waals surface area contributed by atoms with Crippen LogP contribution in [0.25, 0.3) is 0 Å². The quantitative estimate of drug-likeness (QED) is 0.853. The number of hydrogen-bond acceptors (Lipinski definition) is 1. The van der Waals surface area contributed by atoms with E-state index < -0.39 is 0 Å². The maximum Gasteiger partial charge on any atom is 0.317 e. The molecule has 1 unspecified atom stereocenters. The van der Waals surface area contributed by atoms with Crippen molar-refractivity contribution < 1.29 is 4.79 Å². The predicted octanol–water partition coefficient (Wildman–Crippen LogP) is 2.60. The van der Waals surface area contributed by atoms with Gasteiger partial charge in [0.15, 0.2) is 0 Å². The van der Waals surface area contributed by atoms with Crippen LogP contribution >= 0.6 is 0 Å². The van der Waals surface area contributed by atoms with E-state index in [9.17, 15) is 4.79 Å². The van der Waals surface area contributed by atoms with Crippen molar-refractivity contribution in [3.63, 3.8) is 0 Å². The average Bonchev–Trinajstić information content (AvgIpc) is 2.90. The molecule has 0 bridgehead atoms. The van der Waals surface area contributed by atoms with Crippen molar-refractivity contribution >= 4 is 6.03 Å². The Labute approximate surface area is 103 Å². The second-order valence-corrected chi connectivity index (χ2v) is 4.69. The predicted molar refractivity (Wildman–Crippen MR) is 69.1 cm³/mol. The van der Waals surface area contributed by atoms with Crippen LogP contribution in [0.15, 0.2) is 30.3 Å². The van der Waals surface area contributed by atoms with Crippen molar-refractivity contribution in [2.45, 2.75) is 25.7 Å². The van der Waals surface area contributed by atoms with E-state index >= 15 is 0 Å². The molecule has 0 radical (unpaired) electrons. The van der Waals surface area contributed by atoms with E-state index in [1.807, 2.05) is 23.1 Å². The van der Waals surface area contributed by atoms with Crippen molar-refractivity contribution in [3.8, 4) is 0 Å². The first-order valence-corrected chi connectivity index (χ1v) is 6.35. The normalized spacial score (nSPS) is 16.9. The summed E-state index contributed by atoms with van der Waals surface area (Å²) in [5.41, 5.74) is 1.27. The molecule has 1 atom stereocenters. The number of rotatable bonds is 3. The minimum Gasteiger partial charge on any atom is -0.337 e. The van der Waals surface area contributed by atoms with Crippen molar-refractivity contribution in [1.82, 2.24) is 10.2 Å². The van der Waals surface area contributed by atoms with Crippen LogP contribution < -0.4 is 5.32 Å². The smallest absolute Gasteiger partial charge is 0.317 e. The highest BCUT2D eigenvalue weighted by molar-refractivity contribution is 5.74. The van der Waals surface area contributed by atoms with Crippen LogP contribution in [-0.2, 0) is 0 Å². The molecule has 1 fully saturated rings. The topological polar surface area (TPSA) is 32.3 Å². The molecular weight excluding hydrogens is 212 g/mol. The molecule has 1 aliphatic heterocycles. The molecular formula is C14H20N2O. The second-order valence-electron chi connectivity index (χ2n) is 4.69. The number of carbonyl (C=O) groups is 1. The van der Waals surface area contributed by atoms with E-state index in [0.717, 1.165) is 25.9 Å². The van der Waals surface area contributed by atoms with E-state index in [4.69, 9.17) is 0 Å². The van der Waals surface area contributed by atoms with Gasteiger partial charge in [-0.1, -0.05) is 37.3 Å². The van der Waals surface area contributed by atoms with Gasteiger partial charge in [-0.3, -0.25) is 0 Å². The van der Waals surface area contributed by atoms with E-state index in [-0.39, 0.29) is 6.03 Å². The molecule has 0 aliphatic carbocycles. The molecule has 0 saturated carbocycles. The third-order valence-electron chi connectivity index (χ3n) is 3.32. The van der Waals surface area contributed by atoms with Crippen LogP contribution in [0.1, 0.15) is 31.2 Å². The molecule has 1 heterocycles. The molecule has 2 amide bonds. The minimum absolute atomic E-state index is 0.0882. The third-order valence-corrected chi connectivity index (χ3v) is 3.32. The van der Waals surface area contributed by atoms with Crippen LogP contribution in [-0.4, -0.2) is 30.6 Å². The highest BCUT2D eigenvalue weighted by atomic mass is 16.2. The van der Waals surface area contributed by atoms with Gasteiger partial charge in [-0.15, -0.1) is 0 Å². The van der Waals surface area contributed by atoms with Gasteiger partial charge in [0.1, 0.15) is 0 Å². The molecule has 3 nitrogen and oxygen atoms in total. The second kappa shape index (κ2) is 5.71. The Morgan fingerprint density at radius 3 is 2.59 bits per heavy atom. The van der Waals surface area contributed by atoms with Crippen LogP contribution in [0.3, 0.4) is 0 Å². The minimum atomic E-state index is 0.0882. The monoisotopic (exact) mass is 232 g/mol. The highest BCUT2D eigenvalue weighted by Crippen LogP contribution is 2.13. The zero-order valence-electron chi connectivity index (χ0n) is 10.4. The summed E-state index contributed by atoms with van der Waals surface area (Å²) in [6, 6.07) is 10.4. The van der Waals surface area contributed by atoms with Gasteiger partial charge in [-0.2, -0.15) is 0 Å². The van der Waals surface area contributed by atoms with E-state index in [2.05, 4.69) is 24.4 Å². The van der Waals surface area contributed by atoms with E-state index in [0.29, 0.717) is 12.5 Å². The summed E-state index contributed by atoms with van der Waals surface area (Å²) in [6.45, 7) is 4.66. The van der Waals surface area contributed by atoms with E-state index in [1.165, 1.54) is 5.56 Å². The summed E-state index contributed by atoms with van der Waals surface area (Å²) in [7, 11) is 0. The van der Waals surface area contributed by atoms with Gasteiger partial charge in [0.25, 0.3) is 0 Å². The van der Waals surface area contributed by atoms with Crippen molar-refractivity contribution in [3.05, 3.63) is 35.9 Å². The number of hydrogen-bond donors (Lipinski definition) is 1. The number of nitrogens with one attached hydrogen (secondary N) is 1. The number of urea groups is 1. The molecule has 1 saturated heterocycles. The molecule has 1 aliphatic rings. The molecule has 1 N–H and O–H groups in total. The summed E-state index contributed by atoms with van der Waals surface area (Å²) in [6.07, 6.45) is 2.28. The van der Waals surface area contributed by atoms with Gasteiger partial charge in [-0.05, 0) is 24.3 Å². The van der Waals surface area contributed by atoms with Crippen molar-refractivity contribution in [1.29, 1.82) is 0 Å². The van der Waals surface area contributed by atoms with Gasteiger partial charge >= 0.3 is 6.03 Å². The molecule has 92 valence electrons. The Bertz CT molecular complexity index is 358. The summed E-state index contributed by atoms with van der Waals surface area (Å²) in [4.78, 5) is 13.7. The SMILES string of the molecule is CC(CNC(=O)N1CCCC1)c1ccccc1. The molecule has 3 heteroatoms. The Balaban J connectivity index is 1.80. The lowest BCUT2D eigenvalue weighted by molar-refractivity contribution is 0.208. The lowest BCUT2D eigenvalue weighted by Gasteiger charge is -2.18. The van der Waals surface area contributed by atoms with Crippen LogP contribution in [0, 0.1) is 0 Å². The molecule has 17 heavy (non-hydrogen) atoms. The lowest BCUT2D eigenvalue weighted by atomic mass is 10.0. The Morgan fingerprint density at radius 2 is 1.94 bits per heavy atom. The van der Waals surface area contributed by atoms with Crippen LogP contribution in [0.4, 0.5) is 4.79 Å². The highest BCUT2D eigenvalue weighted by Gasteiger charge is 2.17. The molecule has 2 rings (SSSR count). The van der Waals surface area contributed by atoms with E-state index in [1.54, 1.807) is 0 Å². The number of carbonyl (C=O) groups excluding carboxylic acids is 1. The summed E-state index contributed by atoms with van der Waals surface area (Å²) < 4.78 is 0. The fourth-order valence-corrected chi connectivity index (χ4v) is 2.17. The fourth-order valence-electron chi connectivity index (χ4n) is 2.17. The maximum atomic E-state index is 11.8. The van der Waals surface area contributed by atoms with Gasteiger partial charge < -0.3 is 10.2 Å². The lowest BCUT2D eigenvalue weighted by Crippen LogP contribution is -2.39. The average molecular weight is 232 g/mol. The maximum absolute atomic E-state index is 11.8. The number of benzene rings is 1. The van der Waals surface area contributed by atoms with Gasteiger partial charge in [0, 0.05) is 19.6 Å². The Kier molecular flexibility index (Phi) is 4.02. The summed E-state index contributed by atoms with van der Waals surface area (Å²) >= 11 is 0. The molecule has 0 aromatic heterocycles. The number of amides is 2. The van der Waals surface area contributed by atoms with Gasteiger partial charge in [0.05, 0.1) is 0 Å². The van der Waals surface area contributed by atoms with Crippen molar-refractivity contribution in [2.24, 2.45) is 0 Å². The largest absolute Gasteiger partial charge is 0.337 e. The zero-order chi connectivity index (χ0) is 12.1. The van der Waals surface area contributed by atoms with Crippen molar-refractivity contribution in [2.75, 3.05) is 19.6 Å². The first kappa shape index (κ1) is 12.0.